The molecule has 0 amide bonds. The average molecular weight is 398 g/mol. The Morgan fingerprint density at radius 1 is 0.786 bits per heavy atom. The van der Waals surface area contributed by atoms with Gasteiger partial charge < -0.3 is 19.5 Å². The maximum Gasteiger partial charge on any atom is 0.166 e. The Bertz CT molecular complexity index is 900. The Labute approximate surface area is 171 Å². The highest BCUT2D eigenvalue weighted by atomic mass is 35.5. The first kappa shape index (κ1) is 20.1. The van der Waals surface area contributed by atoms with E-state index in [1.54, 1.807) is 20.3 Å². The Hall–Kier alpha value is -2.69. The van der Waals surface area contributed by atoms with Crippen LogP contribution < -0.4 is 19.5 Å². The summed E-state index contributed by atoms with van der Waals surface area (Å²) >= 11 is 6.28. The van der Waals surface area contributed by atoms with Gasteiger partial charge in [-0.05, 0) is 17.7 Å². The van der Waals surface area contributed by atoms with Crippen molar-refractivity contribution in [3.8, 4) is 17.2 Å². The lowest BCUT2D eigenvalue weighted by atomic mass is 10.1. The summed E-state index contributed by atoms with van der Waals surface area (Å²) < 4.78 is 17.0. The lowest BCUT2D eigenvalue weighted by molar-refractivity contribution is 0.280. The maximum atomic E-state index is 6.28. The lowest BCUT2D eigenvalue weighted by Gasteiger charge is -2.17. The van der Waals surface area contributed by atoms with Crippen molar-refractivity contribution in [2.75, 3.05) is 14.2 Å². The predicted molar refractivity (Wildman–Crippen MR) is 112 cm³/mol. The van der Waals surface area contributed by atoms with Crippen LogP contribution in [0.15, 0.2) is 66.7 Å². The van der Waals surface area contributed by atoms with Crippen LogP contribution in [0.3, 0.4) is 0 Å². The second-order valence-electron chi connectivity index (χ2n) is 6.29. The summed E-state index contributed by atoms with van der Waals surface area (Å²) in [6.07, 6.45) is 0. The summed E-state index contributed by atoms with van der Waals surface area (Å²) in [5.41, 5.74) is 3.12. The van der Waals surface area contributed by atoms with E-state index in [1.165, 1.54) is 0 Å². The van der Waals surface area contributed by atoms with Crippen LogP contribution in [-0.4, -0.2) is 14.2 Å². The van der Waals surface area contributed by atoms with Gasteiger partial charge in [0.05, 0.1) is 14.2 Å². The van der Waals surface area contributed by atoms with Gasteiger partial charge in [0, 0.05) is 35.3 Å². The molecule has 0 aliphatic rings. The van der Waals surface area contributed by atoms with E-state index in [4.69, 9.17) is 25.8 Å². The molecule has 28 heavy (non-hydrogen) atoms. The number of nitrogens with one attached hydrogen (secondary N) is 1. The molecule has 5 heteroatoms. The van der Waals surface area contributed by atoms with Crippen LogP contribution in [0.2, 0.25) is 5.02 Å². The van der Waals surface area contributed by atoms with E-state index >= 15 is 0 Å². The normalized spacial score (nSPS) is 10.5. The van der Waals surface area contributed by atoms with E-state index in [0.29, 0.717) is 36.2 Å². The maximum absolute atomic E-state index is 6.28. The molecule has 0 bridgehead atoms. The topological polar surface area (TPSA) is 39.7 Å². The predicted octanol–water partition coefficient (Wildman–Crippen LogP) is 5.23. The highest BCUT2D eigenvalue weighted by Gasteiger charge is 2.13. The van der Waals surface area contributed by atoms with E-state index in [2.05, 4.69) is 5.32 Å². The van der Waals surface area contributed by atoms with Crippen molar-refractivity contribution < 1.29 is 14.2 Å². The highest BCUT2D eigenvalue weighted by Crippen LogP contribution is 2.35. The molecule has 3 rings (SSSR count). The van der Waals surface area contributed by atoms with Gasteiger partial charge in [0.15, 0.2) is 11.5 Å². The minimum absolute atomic E-state index is 0.457. The highest BCUT2D eigenvalue weighted by molar-refractivity contribution is 6.30. The zero-order valence-electron chi connectivity index (χ0n) is 16.1. The van der Waals surface area contributed by atoms with Crippen molar-refractivity contribution >= 4 is 11.6 Å². The Kier molecular flexibility index (Phi) is 7.18. The van der Waals surface area contributed by atoms with Crippen LogP contribution in [-0.2, 0) is 19.7 Å². The van der Waals surface area contributed by atoms with Gasteiger partial charge >= 0.3 is 0 Å². The molecule has 0 saturated carbocycles. The van der Waals surface area contributed by atoms with E-state index in [-0.39, 0.29) is 0 Å². The van der Waals surface area contributed by atoms with Gasteiger partial charge in [-0.2, -0.15) is 0 Å². The van der Waals surface area contributed by atoms with Crippen molar-refractivity contribution in [3.63, 3.8) is 0 Å². The third-order valence-corrected chi connectivity index (χ3v) is 4.58. The fourth-order valence-corrected chi connectivity index (χ4v) is 3.21. The minimum atomic E-state index is 0.457. The fourth-order valence-electron chi connectivity index (χ4n) is 2.98. The molecule has 0 spiro atoms. The minimum Gasteiger partial charge on any atom is -0.496 e. The molecule has 4 nitrogen and oxygen atoms in total. The van der Waals surface area contributed by atoms with Crippen LogP contribution in [0.25, 0.3) is 0 Å². The number of benzene rings is 3. The molecule has 0 fully saturated rings. The average Bonchev–Trinajstić information content (AvgIpc) is 2.73. The second kappa shape index (κ2) is 10.0. The van der Waals surface area contributed by atoms with Crippen molar-refractivity contribution in [2.24, 2.45) is 0 Å². The van der Waals surface area contributed by atoms with E-state index in [0.717, 1.165) is 22.4 Å². The molecule has 0 atom stereocenters. The van der Waals surface area contributed by atoms with Gasteiger partial charge in [-0.25, -0.2) is 0 Å². The quantitative estimate of drug-likeness (QED) is 0.537. The second-order valence-corrected chi connectivity index (χ2v) is 6.72. The first-order chi connectivity index (χ1) is 13.7. The zero-order valence-corrected chi connectivity index (χ0v) is 16.8. The lowest BCUT2D eigenvalue weighted by Crippen LogP contribution is -2.14. The monoisotopic (exact) mass is 397 g/mol. The molecular weight excluding hydrogens is 374 g/mol. The van der Waals surface area contributed by atoms with Crippen molar-refractivity contribution in [1.82, 2.24) is 5.32 Å². The van der Waals surface area contributed by atoms with E-state index in [1.807, 2.05) is 60.7 Å². The first-order valence-corrected chi connectivity index (χ1v) is 9.44. The van der Waals surface area contributed by atoms with Crippen LogP contribution in [0.1, 0.15) is 16.7 Å². The SMILES string of the molecule is COc1ccccc1CNCc1cc(Cl)cc(OC)c1OCc1ccccc1. The summed E-state index contributed by atoms with van der Waals surface area (Å²) in [6.45, 7) is 1.70. The number of halogens is 1. The molecule has 3 aromatic rings. The molecule has 0 saturated heterocycles. The largest absolute Gasteiger partial charge is 0.496 e. The molecule has 0 aromatic heterocycles. The standard InChI is InChI=1S/C23H24ClNO3/c1-26-21-11-7-6-10-18(21)14-25-15-19-12-20(24)13-22(27-2)23(19)28-16-17-8-4-3-5-9-17/h3-13,25H,14-16H2,1-2H3. The van der Waals surface area contributed by atoms with Crippen molar-refractivity contribution in [3.05, 3.63) is 88.4 Å². The molecule has 146 valence electrons. The first-order valence-electron chi connectivity index (χ1n) is 9.07. The molecule has 0 aliphatic heterocycles. The van der Waals surface area contributed by atoms with Crippen LogP contribution >= 0.6 is 11.6 Å². The van der Waals surface area contributed by atoms with Gasteiger partial charge in [-0.3, -0.25) is 0 Å². The van der Waals surface area contributed by atoms with Gasteiger partial charge in [-0.15, -0.1) is 0 Å². The summed E-state index contributed by atoms with van der Waals surface area (Å²) in [5.74, 6) is 2.18. The molecule has 3 aromatic carbocycles. The summed E-state index contributed by atoms with van der Waals surface area (Å²) in [7, 11) is 3.29. The molecule has 0 radical (unpaired) electrons. The smallest absolute Gasteiger partial charge is 0.166 e. The molecular formula is C23H24ClNO3. The Morgan fingerprint density at radius 2 is 1.46 bits per heavy atom. The van der Waals surface area contributed by atoms with Crippen LogP contribution in [0, 0.1) is 0 Å². The number of hydrogen-bond donors (Lipinski definition) is 1. The van der Waals surface area contributed by atoms with E-state index in [9.17, 15) is 0 Å². The zero-order chi connectivity index (χ0) is 19.8. The van der Waals surface area contributed by atoms with Gasteiger partial charge in [-0.1, -0.05) is 60.1 Å². The third kappa shape index (κ3) is 5.18. The summed E-state index contributed by atoms with van der Waals surface area (Å²) in [6, 6.07) is 21.6. The van der Waals surface area contributed by atoms with Crippen molar-refractivity contribution in [1.29, 1.82) is 0 Å². The number of ether oxygens (including phenoxy) is 3. The van der Waals surface area contributed by atoms with Gasteiger partial charge in [0.2, 0.25) is 0 Å². The van der Waals surface area contributed by atoms with Crippen LogP contribution in [0.4, 0.5) is 0 Å². The number of hydrogen-bond acceptors (Lipinski definition) is 4. The number of rotatable bonds is 9. The number of para-hydroxylation sites is 1. The Morgan fingerprint density at radius 3 is 2.21 bits per heavy atom. The van der Waals surface area contributed by atoms with Crippen molar-refractivity contribution in [2.45, 2.75) is 19.7 Å². The van der Waals surface area contributed by atoms with Gasteiger partial charge in [0.1, 0.15) is 12.4 Å². The molecule has 0 aliphatic carbocycles. The fraction of sp³-hybridized carbons (Fsp3) is 0.217. The number of methoxy groups -OCH3 is 2. The third-order valence-electron chi connectivity index (χ3n) is 4.37. The van der Waals surface area contributed by atoms with Gasteiger partial charge in [0.25, 0.3) is 0 Å². The van der Waals surface area contributed by atoms with Crippen LogP contribution in [0.5, 0.6) is 17.2 Å². The summed E-state index contributed by atoms with van der Waals surface area (Å²) in [4.78, 5) is 0. The summed E-state index contributed by atoms with van der Waals surface area (Å²) in [5, 5.41) is 4.04. The Balaban J connectivity index is 1.74. The molecule has 1 N–H and O–H groups in total. The molecule has 0 unspecified atom stereocenters. The molecule has 0 heterocycles. The van der Waals surface area contributed by atoms with E-state index < -0.39 is 0 Å².